The van der Waals surface area contributed by atoms with E-state index in [4.69, 9.17) is 16.3 Å². The molecule has 0 bridgehead atoms. The highest BCUT2D eigenvalue weighted by Gasteiger charge is 2.07. The fourth-order valence-corrected chi connectivity index (χ4v) is 1.91. The molecular weight excluding hydrogens is 279 g/mol. The monoisotopic (exact) mass is 294 g/mol. The number of pyridine rings is 1. The summed E-state index contributed by atoms with van der Waals surface area (Å²) in [5.41, 5.74) is 0.932. The number of benzene rings is 1. The molecule has 3 nitrogen and oxygen atoms in total. The molecule has 1 heterocycles. The second-order valence-electron chi connectivity index (χ2n) is 4.38. The van der Waals surface area contributed by atoms with Crippen LogP contribution in [0.25, 0.3) is 0 Å². The van der Waals surface area contributed by atoms with Crippen LogP contribution in [-0.4, -0.2) is 11.5 Å². The Balaban J connectivity index is 2.08. The minimum absolute atomic E-state index is 0.0743. The average molecular weight is 295 g/mol. The van der Waals surface area contributed by atoms with Gasteiger partial charge in [-0.2, -0.15) is 0 Å². The summed E-state index contributed by atoms with van der Waals surface area (Å²) in [5.74, 6) is 0.440. The van der Waals surface area contributed by atoms with E-state index in [1.54, 1.807) is 12.3 Å². The molecule has 1 atom stereocenters. The van der Waals surface area contributed by atoms with Gasteiger partial charge in [0.15, 0.2) is 0 Å². The van der Waals surface area contributed by atoms with Gasteiger partial charge in [0.25, 0.3) is 0 Å². The van der Waals surface area contributed by atoms with Crippen LogP contribution in [0.2, 0.25) is 5.02 Å². The van der Waals surface area contributed by atoms with Crippen molar-refractivity contribution in [2.45, 2.75) is 19.9 Å². The highest BCUT2D eigenvalue weighted by molar-refractivity contribution is 6.30. The number of hydrogen-bond acceptors (Lipinski definition) is 3. The van der Waals surface area contributed by atoms with Gasteiger partial charge in [-0.25, -0.2) is 4.39 Å². The number of aromatic nitrogens is 1. The van der Waals surface area contributed by atoms with Gasteiger partial charge < -0.3 is 10.1 Å². The Kier molecular flexibility index (Phi) is 4.93. The summed E-state index contributed by atoms with van der Waals surface area (Å²) in [6.45, 7) is 4.97. The lowest BCUT2D eigenvalue weighted by Crippen LogP contribution is -2.18. The SMILES string of the molecule is CCNC(C)c1ccc(Oc2ccc(Cl)c(F)c2)cn1. The fourth-order valence-electron chi connectivity index (χ4n) is 1.80. The molecule has 2 aromatic rings. The van der Waals surface area contributed by atoms with Crippen LogP contribution in [0.15, 0.2) is 36.5 Å². The lowest BCUT2D eigenvalue weighted by atomic mass is 10.2. The molecule has 0 spiro atoms. The van der Waals surface area contributed by atoms with Crippen LogP contribution in [0.5, 0.6) is 11.5 Å². The summed E-state index contributed by atoms with van der Waals surface area (Å²) < 4.78 is 18.8. The molecule has 1 unspecified atom stereocenters. The number of ether oxygens (including phenoxy) is 1. The molecule has 0 fully saturated rings. The molecule has 1 N–H and O–H groups in total. The van der Waals surface area contributed by atoms with E-state index in [0.717, 1.165) is 12.2 Å². The van der Waals surface area contributed by atoms with Crippen molar-refractivity contribution in [1.29, 1.82) is 0 Å². The van der Waals surface area contributed by atoms with E-state index in [2.05, 4.69) is 10.3 Å². The normalized spacial score (nSPS) is 12.2. The third-order valence-corrected chi connectivity index (χ3v) is 3.15. The lowest BCUT2D eigenvalue weighted by molar-refractivity contribution is 0.472. The third-order valence-electron chi connectivity index (χ3n) is 2.84. The molecule has 0 saturated heterocycles. The molecule has 0 amide bonds. The number of hydrogen-bond donors (Lipinski definition) is 1. The maximum atomic E-state index is 13.3. The van der Waals surface area contributed by atoms with Crippen LogP contribution in [0.3, 0.4) is 0 Å². The first-order valence-electron chi connectivity index (χ1n) is 6.42. The van der Waals surface area contributed by atoms with Crippen molar-refractivity contribution < 1.29 is 9.13 Å². The minimum Gasteiger partial charge on any atom is -0.456 e. The summed E-state index contributed by atoms with van der Waals surface area (Å²) in [5, 5.41) is 3.35. The first-order valence-corrected chi connectivity index (χ1v) is 6.80. The second kappa shape index (κ2) is 6.68. The summed E-state index contributed by atoms with van der Waals surface area (Å²) in [6, 6.07) is 8.19. The van der Waals surface area contributed by atoms with Crippen molar-refractivity contribution in [2.24, 2.45) is 0 Å². The Bertz CT molecular complexity index is 575. The van der Waals surface area contributed by atoms with Crippen molar-refractivity contribution in [2.75, 3.05) is 6.54 Å². The maximum absolute atomic E-state index is 13.3. The standard InChI is InChI=1S/C15H16ClFN2O/c1-3-18-10(2)15-7-5-12(9-19-15)20-11-4-6-13(16)14(17)8-11/h4-10,18H,3H2,1-2H3. The van der Waals surface area contributed by atoms with Gasteiger partial charge in [0, 0.05) is 12.1 Å². The first-order chi connectivity index (χ1) is 9.60. The third kappa shape index (κ3) is 3.68. The largest absolute Gasteiger partial charge is 0.456 e. The highest BCUT2D eigenvalue weighted by atomic mass is 35.5. The molecule has 0 radical (unpaired) electrons. The number of nitrogens with one attached hydrogen (secondary N) is 1. The molecular formula is C15H16ClFN2O. The first kappa shape index (κ1) is 14.8. The predicted octanol–water partition coefficient (Wildman–Crippen LogP) is 4.34. The zero-order valence-corrected chi connectivity index (χ0v) is 12.1. The van der Waals surface area contributed by atoms with Gasteiger partial charge in [0.1, 0.15) is 17.3 Å². The molecule has 0 aliphatic heterocycles. The second-order valence-corrected chi connectivity index (χ2v) is 4.78. The van der Waals surface area contributed by atoms with Crippen LogP contribution in [0, 0.1) is 5.82 Å². The van der Waals surface area contributed by atoms with Crippen molar-refractivity contribution in [3.05, 3.63) is 53.1 Å². The smallest absolute Gasteiger partial charge is 0.145 e. The Morgan fingerprint density at radius 1 is 1.30 bits per heavy atom. The van der Waals surface area contributed by atoms with Crippen LogP contribution in [0.1, 0.15) is 25.6 Å². The molecule has 106 valence electrons. The molecule has 1 aromatic heterocycles. The van der Waals surface area contributed by atoms with E-state index in [1.807, 2.05) is 26.0 Å². The van der Waals surface area contributed by atoms with Gasteiger partial charge in [-0.05, 0) is 37.7 Å². The van der Waals surface area contributed by atoms with Gasteiger partial charge in [-0.1, -0.05) is 18.5 Å². The van der Waals surface area contributed by atoms with Gasteiger partial charge in [0.05, 0.1) is 16.9 Å². The summed E-state index contributed by atoms with van der Waals surface area (Å²) in [4.78, 5) is 4.33. The molecule has 0 aliphatic rings. The van der Waals surface area contributed by atoms with E-state index in [-0.39, 0.29) is 11.1 Å². The zero-order valence-electron chi connectivity index (χ0n) is 11.4. The highest BCUT2D eigenvalue weighted by Crippen LogP contribution is 2.25. The van der Waals surface area contributed by atoms with Crippen LogP contribution in [-0.2, 0) is 0 Å². The van der Waals surface area contributed by atoms with E-state index in [9.17, 15) is 4.39 Å². The zero-order chi connectivity index (χ0) is 14.5. The molecule has 0 saturated carbocycles. The number of halogens is 2. The predicted molar refractivity (Wildman–Crippen MR) is 77.8 cm³/mol. The van der Waals surface area contributed by atoms with Crippen molar-refractivity contribution >= 4 is 11.6 Å². The van der Waals surface area contributed by atoms with Crippen molar-refractivity contribution in [3.8, 4) is 11.5 Å². The topological polar surface area (TPSA) is 34.1 Å². The minimum atomic E-state index is -0.505. The number of rotatable bonds is 5. The van der Waals surface area contributed by atoms with Gasteiger partial charge >= 0.3 is 0 Å². The van der Waals surface area contributed by atoms with Gasteiger partial charge in [-0.15, -0.1) is 0 Å². The fraction of sp³-hybridized carbons (Fsp3) is 0.267. The van der Waals surface area contributed by atoms with Crippen LogP contribution >= 0.6 is 11.6 Å². The van der Waals surface area contributed by atoms with E-state index in [0.29, 0.717) is 11.5 Å². The molecule has 2 rings (SSSR count). The van der Waals surface area contributed by atoms with Gasteiger partial charge in [0.2, 0.25) is 0 Å². The summed E-state index contributed by atoms with van der Waals surface area (Å²) in [7, 11) is 0. The number of nitrogens with zero attached hydrogens (tertiary/aromatic N) is 1. The molecule has 1 aromatic carbocycles. The molecule has 5 heteroatoms. The Morgan fingerprint density at radius 3 is 2.65 bits per heavy atom. The molecule has 0 aliphatic carbocycles. The Hall–Kier alpha value is -1.65. The quantitative estimate of drug-likeness (QED) is 0.891. The van der Waals surface area contributed by atoms with E-state index in [1.165, 1.54) is 12.1 Å². The van der Waals surface area contributed by atoms with Crippen molar-refractivity contribution in [3.63, 3.8) is 0 Å². The summed E-state index contributed by atoms with van der Waals surface area (Å²) >= 11 is 5.62. The Morgan fingerprint density at radius 2 is 2.05 bits per heavy atom. The van der Waals surface area contributed by atoms with Crippen LogP contribution < -0.4 is 10.1 Å². The van der Waals surface area contributed by atoms with Crippen LogP contribution in [0.4, 0.5) is 4.39 Å². The van der Waals surface area contributed by atoms with Gasteiger partial charge in [-0.3, -0.25) is 4.98 Å². The van der Waals surface area contributed by atoms with Crippen molar-refractivity contribution in [1.82, 2.24) is 10.3 Å². The molecule has 20 heavy (non-hydrogen) atoms. The Labute approximate surface area is 122 Å². The lowest BCUT2D eigenvalue weighted by Gasteiger charge is -2.12. The van der Waals surface area contributed by atoms with E-state index >= 15 is 0 Å². The van der Waals surface area contributed by atoms with E-state index < -0.39 is 5.82 Å². The summed E-state index contributed by atoms with van der Waals surface area (Å²) in [6.07, 6.45) is 1.62. The average Bonchev–Trinajstić information content (AvgIpc) is 2.44. The maximum Gasteiger partial charge on any atom is 0.145 e.